The Morgan fingerprint density at radius 1 is 1.07 bits per heavy atom. The summed E-state index contributed by atoms with van der Waals surface area (Å²) in [5.74, 6) is 1.32. The lowest BCUT2D eigenvalue weighted by molar-refractivity contribution is 0.102. The van der Waals surface area contributed by atoms with Crippen molar-refractivity contribution < 1.29 is 14.3 Å². The molecule has 1 amide bonds. The number of hydrogen-bond donors (Lipinski definition) is 1. The molecule has 0 radical (unpaired) electrons. The number of thiazole rings is 1. The minimum atomic E-state index is -0.190. The van der Waals surface area contributed by atoms with Gasteiger partial charge >= 0.3 is 0 Å². The standard InChI is InChI=1S/C21H24N2O3S/c1-3-5-6-14-26-16-12-10-15(11-13-16)20(24)23-21-22-19-17(25-4-2)8-7-9-18(19)27-21/h7-13H,3-6,14H2,1-2H3,(H,22,23,24). The van der Waals surface area contributed by atoms with Gasteiger partial charge in [-0.1, -0.05) is 37.2 Å². The molecule has 0 aliphatic rings. The van der Waals surface area contributed by atoms with Crippen LogP contribution in [0.25, 0.3) is 10.2 Å². The van der Waals surface area contributed by atoms with Crippen LogP contribution < -0.4 is 14.8 Å². The second kappa shape index (κ2) is 9.37. The molecule has 0 saturated heterocycles. The van der Waals surface area contributed by atoms with Crippen molar-refractivity contribution in [1.82, 2.24) is 4.98 Å². The van der Waals surface area contributed by atoms with Crippen molar-refractivity contribution >= 4 is 32.6 Å². The molecular weight excluding hydrogens is 360 g/mol. The molecule has 3 aromatic rings. The summed E-state index contributed by atoms with van der Waals surface area (Å²) in [6.45, 7) is 5.38. The van der Waals surface area contributed by atoms with Gasteiger partial charge in [-0.05, 0) is 49.7 Å². The number of aromatic nitrogens is 1. The summed E-state index contributed by atoms with van der Waals surface area (Å²) in [7, 11) is 0. The van der Waals surface area contributed by atoms with Crippen LogP contribution in [0.1, 0.15) is 43.5 Å². The van der Waals surface area contributed by atoms with Crippen LogP contribution >= 0.6 is 11.3 Å². The number of benzene rings is 2. The summed E-state index contributed by atoms with van der Waals surface area (Å²) in [5, 5.41) is 3.43. The van der Waals surface area contributed by atoms with Gasteiger partial charge < -0.3 is 9.47 Å². The number of ether oxygens (including phenoxy) is 2. The zero-order valence-corrected chi connectivity index (χ0v) is 16.5. The van der Waals surface area contributed by atoms with Gasteiger partial charge in [0.25, 0.3) is 5.91 Å². The minimum absolute atomic E-state index is 0.190. The number of fused-ring (bicyclic) bond motifs is 1. The number of nitrogens with zero attached hydrogens (tertiary/aromatic N) is 1. The Morgan fingerprint density at radius 2 is 1.89 bits per heavy atom. The molecule has 0 unspecified atom stereocenters. The highest BCUT2D eigenvalue weighted by molar-refractivity contribution is 7.22. The van der Waals surface area contributed by atoms with E-state index in [1.807, 2.05) is 37.3 Å². The lowest BCUT2D eigenvalue weighted by Crippen LogP contribution is -2.11. The Hall–Kier alpha value is -2.60. The van der Waals surface area contributed by atoms with E-state index in [-0.39, 0.29) is 5.91 Å². The second-order valence-electron chi connectivity index (χ2n) is 6.09. The lowest BCUT2D eigenvalue weighted by atomic mass is 10.2. The number of carbonyl (C=O) groups excluding carboxylic acids is 1. The van der Waals surface area contributed by atoms with E-state index in [0.29, 0.717) is 23.9 Å². The molecule has 0 saturated carbocycles. The molecular formula is C21H24N2O3S. The molecule has 0 aliphatic carbocycles. The van der Waals surface area contributed by atoms with Crippen molar-refractivity contribution in [2.24, 2.45) is 0 Å². The van der Waals surface area contributed by atoms with Crippen molar-refractivity contribution in [2.75, 3.05) is 18.5 Å². The average molecular weight is 385 g/mol. The van der Waals surface area contributed by atoms with E-state index in [1.54, 1.807) is 12.1 Å². The fourth-order valence-electron chi connectivity index (χ4n) is 2.66. The fourth-order valence-corrected chi connectivity index (χ4v) is 3.54. The van der Waals surface area contributed by atoms with E-state index in [1.165, 1.54) is 17.8 Å². The third kappa shape index (κ3) is 4.98. The van der Waals surface area contributed by atoms with Crippen LogP contribution in [0, 0.1) is 0 Å². The maximum absolute atomic E-state index is 12.5. The number of nitrogens with one attached hydrogen (secondary N) is 1. The van der Waals surface area contributed by atoms with Gasteiger partial charge in [0.2, 0.25) is 0 Å². The summed E-state index contributed by atoms with van der Waals surface area (Å²) in [6.07, 6.45) is 3.37. The van der Waals surface area contributed by atoms with Crippen LogP contribution in [0.2, 0.25) is 0 Å². The summed E-state index contributed by atoms with van der Waals surface area (Å²) in [4.78, 5) is 17.0. The third-order valence-electron chi connectivity index (χ3n) is 4.04. The molecule has 1 aromatic heterocycles. The second-order valence-corrected chi connectivity index (χ2v) is 7.12. The summed E-state index contributed by atoms with van der Waals surface area (Å²) in [5.41, 5.74) is 1.34. The van der Waals surface area contributed by atoms with Crippen LogP contribution in [0.3, 0.4) is 0 Å². The highest BCUT2D eigenvalue weighted by atomic mass is 32.1. The largest absolute Gasteiger partial charge is 0.494 e. The molecule has 1 N–H and O–H groups in total. The molecule has 1 heterocycles. The minimum Gasteiger partial charge on any atom is -0.494 e. The zero-order valence-electron chi connectivity index (χ0n) is 15.7. The van der Waals surface area contributed by atoms with E-state index in [4.69, 9.17) is 9.47 Å². The van der Waals surface area contributed by atoms with Gasteiger partial charge in [-0.3, -0.25) is 10.1 Å². The fraction of sp³-hybridized carbons (Fsp3) is 0.333. The number of amides is 1. The van der Waals surface area contributed by atoms with E-state index >= 15 is 0 Å². The Labute approximate surface area is 163 Å². The summed E-state index contributed by atoms with van der Waals surface area (Å²) < 4.78 is 12.3. The third-order valence-corrected chi connectivity index (χ3v) is 4.97. The lowest BCUT2D eigenvalue weighted by Gasteiger charge is -2.06. The molecule has 142 valence electrons. The van der Waals surface area contributed by atoms with Gasteiger partial charge in [0.1, 0.15) is 17.0 Å². The first kappa shape index (κ1) is 19.2. The highest BCUT2D eigenvalue weighted by Crippen LogP contribution is 2.32. The smallest absolute Gasteiger partial charge is 0.257 e. The van der Waals surface area contributed by atoms with Gasteiger partial charge in [-0.2, -0.15) is 0 Å². The first-order chi connectivity index (χ1) is 13.2. The molecule has 0 bridgehead atoms. The van der Waals surface area contributed by atoms with E-state index < -0.39 is 0 Å². The van der Waals surface area contributed by atoms with Gasteiger partial charge in [0, 0.05) is 5.56 Å². The Balaban J connectivity index is 1.65. The Kier molecular flexibility index (Phi) is 6.65. The maximum atomic E-state index is 12.5. The number of rotatable bonds is 9. The van der Waals surface area contributed by atoms with Gasteiger partial charge in [0.15, 0.2) is 5.13 Å². The van der Waals surface area contributed by atoms with Crippen LogP contribution in [-0.4, -0.2) is 24.1 Å². The number of carbonyl (C=O) groups is 1. The molecule has 3 rings (SSSR count). The van der Waals surface area contributed by atoms with Crippen LogP contribution in [0.15, 0.2) is 42.5 Å². The molecule has 27 heavy (non-hydrogen) atoms. The van der Waals surface area contributed by atoms with Gasteiger partial charge in [-0.15, -0.1) is 0 Å². The summed E-state index contributed by atoms with van der Waals surface area (Å²) >= 11 is 1.43. The van der Waals surface area contributed by atoms with Crippen LogP contribution in [-0.2, 0) is 0 Å². The quantitative estimate of drug-likeness (QED) is 0.494. The van der Waals surface area contributed by atoms with Crippen molar-refractivity contribution in [3.05, 3.63) is 48.0 Å². The van der Waals surface area contributed by atoms with Crippen LogP contribution in [0.4, 0.5) is 5.13 Å². The van der Waals surface area contributed by atoms with Crippen LogP contribution in [0.5, 0.6) is 11.5 Å². The number of para-hydroxylation sites is 1. The van der Waals surface area contributed by atoms with Crippen molar-refractivity contribution in [3.63, 3.8) is 0 Å². The van der Waals surface area contributed by atoms with Crippen molar-refractivity contribution in [2.45, 2.75) is 33.1 Å². The summed E-state index contributed by atoms with van der Waals surface area (Å²) in [6, 6.07) is 13.0. The first-order valence-corrected chi connectivity index (χ1v) is 10.1. The molecule has 0 aliphatic heterocycles. The molecule has 5 nitrogen and oxygen atoms in total. The number of unbranched alkanes of at least 4 members (excludes halogenated alkanes) is 2. The van der Waals surface area contributed by atoms with Gasteiger partial charge in [-0.25, -0.2) is 4.98 Å². The molecule has 0 atom stereocenters. The normalized spacial score (nSPS) is 10.7. The predicted molar refractivity (Wildman–Crippen MR) is 110 cm³/mol. The maximum Gasteiger partial charge on any atom is 0.257 e. The number of hydrogen-bond acceptors (Lipinski definition) is 5. The number of anilines is 1. The molecule has 6 heteroatoms. The molecule has 0 spiro atoms. The highest BCUT2D eigenvalue weighted by Gasteiger charge is 2.12. The predicted octanol–water partition coefficient (Wildman–Crippen LogP) is 5.52. The molecule has 0 fully saturated rings. The topological polar surface area (TPSA) is 60.5 Å². The average Bonchev–Trinajstić information content (AvgIpc) is 3.09. The zero-order chi connectivity index (χ0) is 19.1. The molecule has 2 aromatic carbocycles. The Bertz CT molecular complexity index is 890. The monoisotopic (exact) mass is 384 g/mol. The SMILES string of the molecule is CCCCCOc1ccc(C(=O)Nc2nc3c(OCC)cccc3s2)cc1. The van der Waals surface area contributed by atoms with Crippen molar-refractivity contribution in [3.8, 4) is 11.5 Å². The van der Waals surface area contributed by atoms with E-state index in [2.05, 4.69) is 17.2 Å². The Morgan fingerprint density at radius 3 is 2.63 bits per heavy atom. The van der Waals surface area contributed by atoms with Gasteiger partial charge in [0.05, 0.1) is 17.9 Å². The van der Waals surface area contributed by atoms with E-state index in [9.17, 15) is 4.79 Å². The first-order valence-electron chi connectivity index (χ1n) is 9.27. The van der Waals surface area contributed by atoms with E-state index in [0.717, 1.165) is 34.6 Å². The van der Waals surface area contributed by atoms with Crippen molar-refractivity contribution in [1.29, 1.82) is 0 Å².